The summed E-state index contributed by atoms with van der Waals surface area (Å²) in [5, 5.41) is 7.58. The number of aromatic nitrogens is 2. The molecule has 9 heteroatoms. The zero-order valence-corrected chi connectivity index (χ0v) is 26.4. The van der Waals surface area contributed by atoms with Crippen molar-refractivity contribution in [1.29, 1.82) is 0 Å². The molecule has 0 N–H and O–H groups in total. The molecule has 0 radical (unpaired) electrons. The fourth-order valence-electron chi connectivity index (χ4n) is 5.45. The molecule has 0 aliphatic carbocycles. The largest absolute Gasteiger partial charge is 0.416 e. The number of hydroxylamine groups is 2. The number of hydrogen-bond acceptors (Lipinski definition) is 6. The quantitative estimate of drug-likeness (QED) is 0.0811. The van der Waals surface area contributed by atoms with E-state index in [1.54, 1.807) is 0 Å². The van der Waals surface area contributed by atoms with Crippen molar-refractivity contribution >= 4 is 16.7 Å². The number of carbonyl (C=O) groups excluding carboxylic acids is 1. The third-order valence-corrected chi connectivity index (χ3v) is 7.89. The normalized spacial score (nSPS) is 11.9. The van der Waals surface area contributed by atoms with Gasteiger partial charge in [0, 0.05) is 18.4 Å². The van der Waals surface area contributed by atoms with Crippen LogP contribution in [-0.4, -0.2) is 21.2 Å². The SMILES string of the molecule is CCCCCCCCCCCc1noc(-c2ccc(CN(Cc3ccc(C(F)(F)F)cc3)OC(=O)CCC)c3ccccc23)n1. The zero-order valence-electron chi connectivity index (χ0n) is 26.4. The predicted molar refractivity (Wildman–Crippen MR) is 170 cm³/mol. The molecule has 3 aromatic carbocycles. The lowest BCUT2D eigenvalue weighted by atomic mass is 9.99. The van der Waals surface area contributed by atoms with Crippen molar-refractivity contribution in [3.8, 4) is 11.5 Å². The third kappa shape index (κ3) is 10.4. The number of alkyl halides is 3. The van der Waals surface area contributed by atoms with Crippen molar-refractivity contribution in [2.24, 2.45) is 0 Å². The Hall–Kier alpha value is -3.72. The Kier molecular flexibility index (Phi) is 13.0. The highest BCUT2D eigenvalue weighted by molar-refractivity contribution is 5.96. The van der Waals surface area contributed by atoms with Crippen molar-refractivity contribution in [2.75, 3.05) is 0 Å². The van der Waals surface area contributed by atoms with E-state index in [4.69, 9.17) is 14.3 Å². The summed E-state index contributed by atoms with van der Waals surface area (Å²) in [6.45, 7) is 4.50. The second-order valence-electron chi connectivity index (χ2n) is 11.6. The van der Waals surface area contributed by atoms with E-state index in [1.807, 2.05) is 43.3 Å². The van der Waals surface area contributed by atoms with Crippen LogP contribution >= 0.6 is 0 Å². The number of aryl methyl sites for hydroxylation is 1. The first-order valence-corrected chi connectivity index (χ1v) is 16.2. The molecule has 45 heavy (non-hydrogen) atoms. The van der Waals surface area contributed by atoms with Gasteiger partial charge in [0.2, 0.25) is 0 Å². The van der Waals surface area contributed by atoms with Gasteiger partial charge in [-0.3, -0.25) is 4.79 Å². The number of carbonyl (C=O) groups is 1. The number of halogens is 3. The van der Waals surface area contributed by atoms with E-state index in [-0.39, 0.29) is 19.5 Å². The minimum absolute atomic E-state index is 0.134. The molecule has 0 spiro atoms. The van der Waals surface area contributed by atoms with Crippen LogP contribution in [0, 0.1) is 0 Å². The number of hydrogen-bond donors (Lipinski definition) is 0. The molecule has 0 bridgehead atoms. The van der Waals surface area contributed by atoms with Crippen LogP contribution in [-0.2, 0) is 35.3 Å². The monoisotopic (exact) mass is 623 g/mol. The van der Waals surface area contributed by atoms with Crippen molar-refractivity contribution in [2.45, 2.75) is 110 Å². The van der Waals surface area contributed by atoms with Crippen LogP contribution in [0.5, 0.6) is 0 Å². The van der Waals surface area contributed by atoms with E-state index in [1.165, 1.54) is 62.1 Å². The fourth-order valence-corrected chi connectivity index (χ4v) is 5.45. The molecule has 0 unspecified atom stereocenters. The summed E-state index contributed by atoms with van der Waals surface area (Å²) in [5.41, 5.74) is 1.58. The Bertz CT molecular complexity index is 1480. The summed E-state index contributed by atoms with van der Waals surface area (Å²) in [4.78, 5) is 22.8. The van der Waals surface area contributed by atoms with E-state index >= 15 is 0 Å². The first-order chi connectivity index (χ1) is 21.8. The average Bonchev–Trinajstić information content (AvgIpc) is 3.49. The number of fused-ring (bicyclic) bond motifs is 1. The summed E-state index contributed by atoms with van der Waals surface area (Å²) in [6, 6.07) is 16.6. The Balaban J connectivity index is 1.45. The number of nitrogens with zero attached hydrogens (tertiary/aromatic N) is 3. The molecule has 0 atom stereocenters. The molecule has 6 nitrogen and oxygen atoms in total. The van der Waals surface area contributed by atoms with E-state index in [0.29, 0.717) is 23.7 Å². The third-order valence-electron chi connectivity index (χ3n) is 7.89. The van der Waals surface area contributed by atoms with Crippen molar-refractivity contribution in [1.82, 2.24) is 15.2 Å². The molecule has 0 aliphatic rings. The minimum Gasteiger partial charge on any atom is -0.367 e. The second kappa shape index (κ2) is 17.1. The summed E-state index contributed by atoms with van der Waals surface area (Å²) < 4.78 is 44.9. The lowest BCUT2D eigenvalue weighted by Crippen LogP contribution is -2.27. The molecule has 0 aliphatic heterocycles. The molecule has 0 saturated heterocycles. The van der Waals surface area contributed by atoms with Crippen molar-refractivity contribution < 1.29 is 27.3 Å². The molecule has 0 fully saturated rings. The molecule has 0 saturated carbocycles. The standard InChI is InChI=1S/C36H44F3N3O3/c1-3-5-6-7-8-9-10-11-12-18-33-40-35(44-41-33)32-24-21-28(30-16-13-14-17-31(30)32)26-42(45-34(43)15-4-2)25-27-19-22-29(23-20-27)36(37,38)39/h13-14,16-17,19-24H,3-12,15,18,25-26H2,1-2H3. The highest BCUT2D eigenvalue weighted by Gasteiger charge is 2.30. The average molecular weight is 624 g/mol. The Morgan fingerprint density at radius 3 is 2.13 bits per heavy atom. The summed E-state index contributed by atoms with van der Waals surface area (Å²) in [5.74, 6) is 0.766. The smallest absolute Gasteiger partial charge is 0.367 e. The molecule has 0 amide bonds. The molecule has 4 rings (SSSR count). The highest BCUT2D eigenvalue weighted by atomic mass is 19.4. The van der Waals surface area contributed by atoms with Gasteiger partial charge in [-0.2, -0.15) is 18.2 Å². The molecular formula is C36H44F3N3O3. The maximum Gasteiger partial charge on any atom is 0.416 e. The van der Waals surface area contributed by atoms with Gasteiger partial charge in [-0.15, -0.1) is 5.06 Å². The first kappa shape index (κ1) is 34.2. The molecule has 4 aromatic rings. The molecule has 1 aromatic heterocycles. The van der Waals surface area contributed by atoms with E-state index in [2.05, 4.69) is 12.1 Å². The van der Waals surface area contributed by atoms with Crippen molar-refractivity contribution in [3.05, 3.63) is 83.2 Å². The lowest BCUT2D eigenvalue weighted by molar-refractivity contribution is -0.197. The fraction of sp³-hybridized carbons (Fsp3) is 0.472. The van der Waals surface area contributed by atoms with Crippen LogP contribution in [0.15, 0.2) is 65.2 Å². The van der Waals surface area contributed by atoms with E-state index in [9.17, 15) is 18.0 Å². The van der Waals surface area contributed by atoms with E-state index < -0.39 is 17.7 Å². The minimum atomic E-state index is -4.42. The summed E-state index contributed by atoms with van der Waals surface area (Å²) in [6.07, 6.45) is 8.48. The Labute approximate surface area is 263 Å². The zero-order chi connectivity index (χ0) is 32.1. The Morgan fingerprint density at radius 1 is 0.800 bits per heavy atom. The van der Waals surface area contributed by atoms with Gasteiger partial charge >= 0.3 is 12.1 Å². The highest BCUT2D eigenvalue weighted by Crippen LogP contribution is 2.32. The van der Waals surface area contributed by atoms with Gasteiger partial charge in [0.25, 0.3) is 5.89 Å². The van der Waals surface area contributed by atoms with Gasteiger partial charge in [0.1, 0.15) is 0 Å². The maximum absolute atomic E-state index is 13.1. The number of rotatable bonds is 18. The maximum atomic E-state index is 13.1. The van der Waals surface area contributed by atoms with Crippen LogP contribution in [0.25, 0.3) is 22.2 Å². The van der Waals surface area contributed by atoms with Crippen LogP contribution in [0.2, 0.25) is 0 Å². The van der Waals surface area contributed by atoms with Gasteiger partial charge < -0.3 is 9.36 Å². The first-order valence-electron chi connectivity index (χ1n) is 16.2. The van der Waals surface area contributed by atoms with E-state index in [0.717, 1.165) is 53.3 Å². The topological polar surface area (TPSA) is 68.5 Å². The van der Waals surface area contributed by atoms with Gasteiger partial charge in [0.05, 0.1) is 18.7 Å². The van der Waals surface area contributed by atoms with Crippen LogP contribution in [0.3, 0.4) is 0 Å². The Morgan fingerprint density at radius 2 is 1.47 bits per heavy atom. The lowest BCUT2D eigenvalue weighted by Gasteiger charge is -2.23. The number of unbranched alkanes of at least 4 members (excludes halogenated alkanes) is 8. The van der Waals surface area contributed by atoms with Gasteiger partial charge in [-0.05, 0) is 52.9 Å². The number of benzene rings is 3. The molecule has 1 heterocycles. The summed E-state index contributed by atoms with van der Waals surface area (Å²) >= 11 is 0. The molecular weight excluding hydrogens is 579 g/mol. The van der Waals surface area contributed by atoms with Gasteiger partial charge in [-0.25, -0.2) is 0 Å². The van der Waals surface area contributed by atoms with Gasteiger partial charge in [0.15, 0.2) is 5.82 Å². The predicted octanol–water partition coefficient (Wildman–Crippen LogP) is 10.2. The second-order valence-corrected chi connectivity index (χ2v) is 11.6. The van der Waals surface area contributed by atoms with Gasteiger partial charge in [-0.1, -0.05) is 113 Å². The van der Waals surface area contributed by atoms with Crippen LogP contribution < -0.4 is 0 Å². The molecule has 242 valence electrons. The summed E-state index contributed by atoms with van der Waals surface area (Å²) in [7, 11) is 0. The van der Waals surface area contributed by atoms with Crippen molar-refractivity contribution in [3.63, 3.8) is 0 Å². The van der Waals surface area contributed by atoms with Crippen LogP contribution in [0.4, 0.5) is 13.2 Å². The van der Waals surface area contributed by atoms with Crippen LogP contribution in [0.1, 0.15) is 107 Å².